The van der Waals surface area contributed by atoms with Gasteiger partial charge in [-0.3, -0.25) is 9.59 Å². The van der Waals surface area contributed by atoms with Gasteiger partial charge in [-0.15, -0.1) is 11.3 Å². The number of fused-ring (bicyclic) bond motifs is 1. The zero-order valence-electron chi connectivity index (χ0n) is 11.2. The van der Waals surface area contributed by atoms with E-state index in [1.807, 2.05) is 17.5 Å². The maximum absolute atomic E-state index is 12.0. The van der Waals surface area contributed by atoms with Crippen LogP contribution in [0.15, 0.2) is 35.7 Å². The van der Waals surface area contributed by atoms with Crippen molar-refractivity contribution in [3.05, 3.63) is 40.6 Å². The van der Waals surface area contributed by atoms with Crippen LogP contribution in [0.4, 0.5) is 11.4 Å². The van der Waals surface area contributed by atoms with Gasteiger partial charge in [-0.2, -0.15) is 0 Å². The number of ether oxygens (including phenoxy) is 1. The number of hydrogen-bond acceptors (Lipinski definition) is 4. The number of carbonyl (C=O) groups is 2. The van der Waals surface area contributed by atoms with Crippen LogP contribution in [0.3, 0.4) is 0 Å². The van der Waals surface area contributed by atoms with Crippen molar-refractivity contribution in [3.63, 3.8) is 0 Å². The van der Waals surface area contributed by atoms with Gasteiger partial charge in [0.05, 0.1) is 25.1 Å². The molecule has 5 nitrogen and oxygen atoms in total. The van der Waals surface area contributed by atoms with Crippen LogP contribution in [0.2, 0.25) is 0 Å². The molecule has 0 fully saturated rings. The van der Waals surface area contributed by atoms with Crippen molar-refractivity contribution in [2.24, 2.45) is 0 Å². The number of amides is 2. The molecule has 0 saturated carbocycles. The lowest BCUT2D eigenvalue weighted by Crippen LogP contribution is -2.14. The fraction of sp³-hybridized carbons (Fsp3) is 0.200. The minimum absolute atomic E-state index is 0.0849. The Hall–Kier alpha value is -2.34. The Morgan fingerprint density at radius 1 is 1.38 bits per heavy atom. The molecule has 0 aliphatic carbocycles. The van der Waals surface area contributed by atoms with E-state index in [0.29, 0.717) is 36.6 Å². The topological polar surface area (TPSA) is 67.4 Å². The van der Waals surface area contributed by atoms with Gasteiger partial charge in [0.25, 0.3) is 0 Å². The van der Waals surface area contributed by atoms with Gasteiger partial charge in [-0.25, -0.2) is 0 Å². The maximum Gasteiger partial charge on any atom is 0.229 e. The number of thiophene rings is 1. The highest BCUT2D eigenvalue weighted by Crippen LogP contribution is 2.30. The highest BCUT2D eigenvalue weighted by molar-refractivity contribution is 7.10. The number of nitrogens with one attached hydrogen (secondary N) is 2. The summed E-state index contributed by atoms with van der Waals surface area (Å²) in [6, 6.07) is 9.08. The summed E-state index contributed by atoms with van der Waals surface area (Å²) in [5, 5.41) is 7.54. The zero-order chi connectivity index (χ0) is 14.7. The summed E-state index contributed by atoms with van der Waals surface area (Å²) < 4.78 is 5.47. The molecule has 1 aromatic carbocycles. The smallest absolute Gasteiger partial charge is 0.229 e. The van der Waals surface area contributed by atoms with Crippen LogP contribution in [-0.2, 0) is 16.0 Å². The first-order valence-corrected chi connectivity index (χ1v) is 7.47. The van der Waals surface area contributed by atoms with Crippen molar-refractivity contribution in [1.29, 1.82) is 0 Å². The van der Waals surface area contributed by atoms with Gasteiger partial charge in [0, 0.05) is 10.6 Å². The van der Waals surface area contributed by atoms with Crippen LogP contribution >= 0.6 is 11.3 Å². The summed E-state index contributed by atoms with van der Waals surface area (Å²) in [7, 11) is 0. The summed E-state index contributed by atoms with van der Waals surface area (Å²) in [4.78, 5) is 24.5. The predicted octanol–water partition coefficient (Wildman–Crippen LogP) is 2.65. The van der Waals surface area contributed by atoms with Gasteiger partial charge < -0.3 is 15.4 Å². The van der Waals surface area contributed by atoms with Crippen LogP contribution in [0.25, 0.3) is 0 Å². The second kappa shape index (κ2) is 5.97. The summed E-state index contributed by atoms with van der Waals surface area (Å²) in [6.07, 6.45) is 0.673. The summed E-state index contributed by atoms with van der Waals surface area (Å²) >= 11 is 1.55. The third-order valence-corrected chi connectivity index (χ3v) is 3.92. The minimum Gasteiger partial charge on any atom is -0.491 e. The van der Waals surface area contributed by atoms with Crippen molar-refractivity contribution in [2.45, 2.75) is 12.8 Å². The summed E-state index contributed by atoms with van der Waals surface area (Å²) in [5.74, 6) is 0.450. The molecule has 0 spiro atoms. The van der Waals surface area contributed by atoms with E-state index in [0.717, 1.165) is 4.88 Å². The molecule has 0 bridgehead atoms. The van der Waals surface area contributed by atoms with Crippen molar-refractivity contribution < 1.29 is 14.3 Å². The molecule has 0 saturated heterocycles. The highest BCUT2D eigenvalue weighted by Gasteiger charge is 2.14. The average molecular weight is 302 g/mol. The van der Waals surface area contributed by atoms with Gasteiger partial charge in [-0.05, 0) is 29.6 Å². The lowest BCUT2D eigenvalue weighted by molar-refractivity contribution is -0.116. The fourth-order valence-electron chi connectivity index (χ4n) is 2.07. The molecular formula is C15H14N2O3S. The Balaban J connectivity index is 1.71. The van der Waals surface area contributed by atoms with Crippen molar-refractivity contribution in [1.82, 2.24) is 0 Å². The van der Waals surface area contributed by atoms with E-state index >= 15 is 0 Å². The van der Waals surface area contributed by atoms with Gasteiger partial charge in [0.2, 0.25) is 11.8 Å². The van der Waals surface area contributed by atoms with E-state index in [4.69, 9.17) is 4.74 Å². The van der Waals surface area contributed by atoms with E-state index in [9.17, 15) is 9.59 Å². The van der Waals surface area contributed by atoms with E-state index < -0.39 is 0 Å². The molecule has 3 rings (SSSR count). The minimum atomic E-state index is -0.0872. The first kappa shape index (κ1) is 13.6. The van der Waals surface area contributed by atoms with Crippen LogP contribution in [0, 0.1) is 0 Å². The van der Waals surface area contributed by atoms with Gasteiger partial charge in [0.1, 0.15) is 5.75 Å². The molecule has 2 aromatic rings. The second-order valence-electron chi connectivity index (χ2n) is 4.66. The van der Waals surface area contributed by atoms with Gasteiger partial charge in [0.15, 0.2) is 0 Å². The van der Waals surface area contributed by atoms with Crippen molar-refractivity contribution >= 4 is 34.5 Å². The van der Waals surface area contributed by atoms with E-state index in [1.165, 1.54) is 0 Å². The molecule has 0 unspecified atom stereocenters. The standard InChI is InChI=1S/C15H14N2O3S/c18-14-5-6-20-13-4-3-10(8-12(13)17-14)16-15(19)9-11-2-1-7-21-11/h1-4,7-8H,5-6,9H2,(H,16,19)(H,17,18). The Morgan fingerprint density at radius 2 is 2.29 bits per heavy atom. The highest BCUT2D eigenvalue weighted by atomic mass is 32.1. The van der Waals surface area contributed by atoms with Crippen LogP contribution in [0.1, 0.15) is 11.3 Å². The molecule has 1 aliphatic heterocycles. The first-order valence-electron chi connectivity index (χ1n) is 6.59. The molecule has 2 N–H and O–H groups in total. The molecule has 21 heavy (non-hydrogen) atoms. The van der Waals surface area contributed by atoms with E-state index in [-0.39, 0.29) is 11.8 Å². The Kier molecular flexibility index (Phi) is 3.87. The molecule has 6 heteroatoms. The predicted molar refractivity (Wildman–Crippen MR) is 81.8 cm³/mol. The molecular weight excluding hydrogens is 288 g/mol. The second-order valence-corrected chi connectivity index (χ2v) is 5.69. The number of hydrogen-bond donors (Lipinski definition) is 2. The van der Waals surface area contributed by atoms with Crippen LogP contribution < -0.4 is 15.4 Å². The number of rotatable bonds is 3. The molecule has 108 valence electrons. The zero-order valence-corrected chi connectivity index (χ0v) is 12.0. The monoisotopic (exact) mass is 302 g/mol. The third kappa shape index (κ3) is 3.41. The van der Waals surface area contributed by atoms with E-state index in [2.05, 4.69) is 10.6 Å². The SMILES string of the molecule is O=C(Cc1cccs1)Nc1ccc2c(c1)NC(=O)CCO2. The van der Waals surface area contributed by atoms with Crippen molar-refractivity contribution in [3.8, 4) is 5.75 Å². The molecule has 0 radical (unpaired) electrons. The number of anilines is 2. The van der Waals surface area contributed by atoms with E-state index in [1.54, 1.807) is 29.5 Å². The number of benzene rings is 1. The normalized spacial score (nSPS) is 13.6. The van der Waals surface area contributed by atoms with Crippen LogP contribution in [-0.4, -0.2) is 18.4 Å². The summed E-state index contributed by atoms with van der Waals surface area (Å²) in [6.45, 7) is 0.364. The van der Waals surface area contributed by atoms with Crippen LogP contribution in [0.5, 0.6) is 5.75 Å². The average Bonchev–Trinajstić information content (AvgIpc) is 2.86. The number of carbonyl (C=O) groups excluding carboxylic acids is 2. The maximum atomic E-state index is 12.0. The van der Waals surface area contributed by atoms with Crippen molar-refractivity contribution in [2.75, 3.05) is 17.2 Å². The Bertz CT molecular complexity index is 668. The Labute approximate surface area is 125 Å². The molecule has 2 heterocycles. The first-order chi connectivity index (χ1) is 10.2. The fourth-order valence-corrected chi connectivity index (χ4v) is 2.78. The molecule has 1 aliphatic rings. The lowest BCUT2D eigenvalue weighted by Gasteiger charge is -2.10. The third-order valence-electron chi connectivity index (χ3n) is 3.04. The summed E-state index contributed by atoms with van der Waals surface area (Å²) in [5.41, 5.74) is 1.23. The molecule has 2 amide bonds. The van der Waals surface area contributed by atoms with Gasteiger partial charge >= 0.3 is 0 Å². The van der Waals surface area contributed by atoms with Gasteiger partial charge in [-0.1, -0.05) is 6.07 Å². The molecule has 0 atom stereocenters. The Morgan fingerprint density at radius 3 is 3.10 bits per heavy atom. The quantitative estimate of drug-likeness (QED) is 0.916. The largest absolute Gasteiger partial charge is 0.491 e. The lowest BCUT2D eigenvalue weighted by atomic mass is 10.2. The molecule has 1 aromatic heterocycles.